The molecular weight excluding hydrogens is 308 g/mol. The van der Waals surface area contributed by atoms with Crippen molar-refractivity contribution in [2.45, 2.75) is 46.0 Å². The zero-order valence-electron chi connectivity index (χ0n) is 12.3. The normalized spacial score (nSPS) is 14.2. The van der Waals surface area contributed by atoms with Gasteiger partial charge in [-0.3, -0.25) is 0 Å². The van der Waals surface area contributed by atoms with Gasteiger partial charge >= 0.3 is 0 Å². The lowest BCUT2D eigenvalue weighted by Gasteiger charge is -2.23. The highest BCUT2D eigenvalue weighted by atomic mass is 79.9. The third-order valence-corrected chi connectivity index (χ3v) is 5.31. The molecule has 3 rings (SSSR count). The number of rotatable bonds is 2. The summed E-state index contributed by atoms with van der Waals surface area (Å²) in [6, 6.07) is 11.3. The summed E-state index contributed by atoms with van der Waals surface area (Å²) < 4.78 is 1.28. The Bertz CT molecular complexity index is 623. The van der Waals surface area contributed by atoms with Gasteiger partial charge in [0, 0.05) is 4.47 Å². The van der Waals surface area contributed by atoms with E-state index in [1.807, 2.05) is 0 Å². The van der Waals surface area contributed by atoms with E-state index in [9.17, 15) is 0 Å². The Morgan fingerprint density at radius 2 is 1.60 bits per heavy atom. The number of halogens is 1. The number of benzene rings is 2. The molecule has 0 heterocycles. The molecule has 0 fully saturated rings. The van der Waals surface area contributed by atoms with Crippen molar-refractivity contribution in [3.8, 4) is 0 Å². The predicted octanol–water partition coefficient (Wildman–Crippen LogP) is 5.54. The molecule has 0 amide bonds. The quantitative estimate of drug-likeness (QED) is 0.679. The van der Waals surface area contributed by atoms with Crippen molar-refractivity contribution in [2.24, 2.45) is 0 Å². The van der Waals surface area contributed by atoms with E-state index in [1.165, 1.54) is 52.4 Å². The Hall–Kier alpha value is -1.08. The topological polar surface area (TPSA) is 0 Å². The Morgan fingerprint density at radius 1 is 0.950 bits per heavy atom. The van der Waals surface area contributed by atoms with Crippen LogP contribution in [0.3, 0.4) is 0 Å². The van der Waals surface area contributed by atoms with Gasteiger partial charge in [0.2, 0.25) is 0 Å². The van der Waals surface area contributed by atoms with Gasteiger partial charge in [0.25, 0.3) is 0 Å². The van der Waals surface area contributed by atoms with Gasteiger partial charge in [-0.05, 0) is 79.8 Å². The first kappa shape index (κ1) is 13.9. The molecular formula is C19H21Br. The third-order valence-electron chi connectivity index (χ3n) is 4.48. The zero-order valence-corrected chi connectivity index (χ0v) is 13.9. The van der Waals surface area contributed by atoms with Gasteiger partial charge in [-0.2, -0.15) is 0 Å². The molecule has 0 spiro atoms. The highest BCUT2D eigenvalue weighted by Crippen LogP contribution is 2.33. The molecule has 0 radical (unpaired) electrons. The smallest absolute Gasteiger partial charge is 0.0210 e. The van der Waals surface area contributed by atoms with Crippen molar-refractivity contribution in [3.05, 3.63) is 68.2 Å². The van der Waals surface area contributed by atoms with E-state index in [2.05, 4.69) is 60.1 Å². The zero-order chi connectivity index (χ0) is 14.1. The third kappa shape index (κ3) is 2.69. The van der Waals surface area contributed by atoms with Gasteiger partial charge in [-0.1, -0.05) is 45.8 Å². The lowest BCUT2D eigenvalue weighted by atomic mass is 9.84. The molecule has 0 aromatic heterocycles. The minimum absolute atomic E-state index is 1.06. The van der Waals surface area contributed by atoms with Crippen LogP contribution in [0.25, 0.3) is 0 Å². The summed E-state index contributed by atoms with van der Waals surface area (Å²) in [5.41, 5.74) is 8.94. The highest BCUT2D eigenvalue weighted by Gasteiger charge is 2.17. The molecule has 1 aliphatic rings. The minimum Gasteiger partial charge on any atom is -0.0590 e. The summed E-state index contributed by atoms with van der Waals surface area (Å²) in [6.07, 6.45) is 6.25. The standard InChI is InChI=1S/C19H21Br/c1-13-7-9-15(10-8-13)11-16-12-19(20)14(2)17-5-3-4-6-18(16)17/h7-10,12H,3-6,11H2,1-2H3. The fourth-order valence-corrected chi connectivity index (χ4v) is 3.77. The number of hydrogen-bond donors (Lipinski definition) is 0. The lowest BCUT2D eigenvalue weighted by molar-refractivity contribution is 0.675. The largest absolute Gasteiger partial charge is 0.0590 e. The molecule has 0 nitrogen and oxygen atoms in total. The van der Waals surface area contributed by atoms with Crippen molar-refractivity contribution in [3.63, 3.8) is 0 Å². The first-order valence-electron chi connectivity index (χ1n) is 7.50. The van der Waals surface area contributed by atoms with E-state index >= 15 is 0 Å². The molecule has 0 atom stereocenters. The van der Waals surface area contributed by atoms with E-state index in [4.69, 9.17) is 0 Å². The van der Waals surface area contributed by atoms with E-state index in [1.54, 1.807) is 11.1 Å². The van der Waals surface area contributed by atoms with Crippen LogP contribution in [0.15, 0.2) is 34.8 Å². The van der Waals surface area contributed by atoms with Crippen molar-refractivity contribution < 1.29 is 0 Å². The number of aryl methyl sites for hydroxylation is 1. The van der Waals surface area contributed by atoms with Crippen LogP contribution in [0, 0.1) is 13.8 Å². The van der Waals surface area contributed by atoms with Crippen LogP contribution in [0.5, 0.6) is 0 Å². The van der Waals surface area contributed by atoms with Crippen LogP contribution in [-0.2, 0) is 19.3 Å². The van der Waals surface area contributed by atoms with E-state index < -0.39 is 0 Å². The fraction of sp³-hybridized carbons (Fsp3) is 0.368. The average Bonchev–Trinajstić information content (AvgIpc) is 2.47. The minimum atomic E-state index is 1.06. The van der Waals surface area contributed by atoms with Crippen LogP contribution >= 0.6 is 15.9 Å². The van der Waals surface area contributed by atoms with E-state index in [0.717, 1.165) is 6.42 Å². The van der Waals surface area contributed by atoms with Crippen LogP contribution in [-0.4, -0.2) is 0 Å². The Labute approximate surface area is 130 Å². The molecule has 1 heteroatoms. The first-order chi connectivity index (χ1) is 9.65. The Balaban J connectivity index is 2.00. The van der Waals surface area contributed by atoms with Gasteiger partial charge in [-0.25, -0.2) is 0 Å². The monoisotopic (exact) mass is 328 g/mol. The summed E-state index contributed by atoms with van der Waals surface area (Å²) in [5.74, 6) is 0. The molecule has 2 aromatic rings. The molecule has 1 aliphatic carbocycles. The fourth-order valence-electron chi connectivity index (χ4n) is 3.25. The Kier molecular flexibility index (Phi) is 3.98. The second kappa shape index (κ2) is 5.73. The summed E-state index contributed by atoms with van der Waals surface area (Å²) in [5, 5.41) is 0. The molecule has 0 saturated heterocycles. The summed E-state index contributed by atoms with van der Waals surface area (Å²) >= 11 is 3.75. The number of hydrogen-bond acceptors (Lipinski definition) is 0. The molecule has 2 aromatic carbocycles. The second-order valence-corrected chi connectivity index (χ2v) is 6.82. The van der Waals surface area contributed by atoms with Crippen LogP contribution < -0.4 is 0 Å². The average molecular weight is 329 g/mol. The first-order valence-corrected chi connectivity index (χ1v) is 8.29. The maximum atomic E-state index is 3.75. The molecule has 0 bridgehead atoms. The van der Waals surface area contributed by atoms with Crippen LogP contribution in [0.2, 0.25) is 0 Å². The molecule has 0 N–H and O–H groups in total. The molecule has 104 valence electrons. The molecule has 0 saturated carbocycles. The highest BCUT2D eigenvalue weighted by molar-refractivity contribution is 9.10. The van der Waals surface area contributed by atoms with Crippen molar-refractivity contribution in [2.75, 3.05) is 0 Å². The predicted molar refractivity (Wildman–Crippen MR) is 89.5 cm³/mol. The van der Waals surface area contributed by atoms with Gasteiger partial charge in [0.1, 0.15) is 0 Å². The van der Waals surface area contributed by atoms with Gasteiger partial charge in [0.15, 0.2) is 0 Å². The SMILES string of the molecule is Cc1ccc(Cc2cc(Br)c(C)c3c2CCCC3)cc1. The number of fused-ring (bicyclic) bond motifs is 1. The van der Waals surface area contributed by atoms with Crippen molar-refractivity contribution in [1.29, 1.82) is 0 Å². The van der Waals surface area contributed by atoms with Gasteiger partial charge < -0.3 is 0 Å². The van der Waals surface area contributed by atoms with Crippen LogP contribution in [0.1, 0.15) is 46.2 Å². The maximum Gasteiger partial charge on any atom is 0.0210 e. The molecule has 0 unspecified atom stereocenters. The van der Waals surface area contributed by atoms with Crippen molar-refractivity contribution in [1.82, 2.24) is 0 Å². The van der Waals surface area contributed by atoms with Gasteiger partial charge in [0.05, 0.1) is 0 Å². The summed E-state index contributed by atoms with van der Waals surface area (Å²) in [4.78, 5) is 0. The van der Waals surface area contributed by atoms with Crippen molar-refractivity contribution >= 4 is 15.9 Å². The Morgan fingerprint density at radius 3 is 2.30 bits per heavy atom. The van der Waals surface area contributed by atoms with E-state index in [0.29, 0.717) is 0 Å². The lowest BCUT2D eigenvalue weighted by Crippen LogP contribution is -2.09. The van der Waals surface area contributed by atoms with E-state index in [-0.39, 0.29) is 0 Å². The molecule has 0 aliphatic heterocycles. The summed E-state index contributed by atoms with van der Waals surface area (Å²) in [7, 11) is 0. The maximum absolute atomic E-state index is 3.75. The van der Waals surface area contributed by atoms with Gasteiger partial charge in [-0.15, -0.1) is 0 Å². The van der Waals surface area contributed by atoms with Crippen LogP contribution in [0.4, 0.5) is 0 Å². The molecule has 20 heavy (non-hydrogen) atoms. The second-order valence-electron chi connectivity index (χ2n) is 5.97. The summed E-state index contributed by atoms with van der Waals surface area (Å²) in [6.45, 7) is 4.40.